The highest BCUT2D eigenvalue weighted by Crippen LogP contribution is 2.04. The Balaban J connectivity index is 0. The lowest BCUT2D eigenvalue weighted by molar-refractivity contribution is 0.155. The molecule has 0 spiro atoms. The molecule has 0 aliphatic heterocycles. The Morgan fingerprint density at radius 3 is 1.82 bits per heavy atom. The predicted molar refractivity (Wildman–Crippen MR) is 51.1 cm³/mol. The van der Waals surface area contributed by atoms with Crippen LogP contribution in [0.2, 0.25) is 0 Å². The monoisotopic (exact) mass is 155 g/mol. The van der Waals surface area contributed by atoms with Gasteiger partial charge in [0.25, 0.3) is 0 Å². The fraction of sp³-hybridized carbons (Fsp3) is 0.444. The van der Waals surface area contributed by atoms with E-state index in [-0.39, 0.29) is 0 Å². The Morgan fingerprint density at radius 2 is 1.82 bits per heavy atom. The van der Waals surface area contributed by atoms with E-state index in [9.17, 15) is 5.11 Å². The highest BCUT2D eigenvalue weighted by atomic mass is 16.3. The zero-order valence-electron chi connectivity index (χ0n) is 7.59. The van der Waals surface area contributed by atoms with Crippen molar-refractivity contribution in [1.82, 2.24) is 0 Å². The Morgan fingerprint density at radius 1 is 1.45 bits per heavy atom. The zero-order valence-corrected chi connectivity index (χ0v) is 7.59. The van der Waals surface area contributed by atoms with Gasteiger partial charge in [-0.1, -0.05) is 6.58 Å². The molecular formula is C9H17NO. The number of nitrogens with zero attached hydrogens (tertiary/aromatic N) is 1. The third-order valence-electron chi connectivity index (χ3n) is 1.06. The van der Waals surface area contributed by atoms with E-state index in [1.165, 1.54) is 0 Å². The first-order chi connectivity index (χ1) is 5.02. The lowest BCUT2D eigenvalue weighted by Crippen LogP contribution is -2.29. The predicted octanol–water partition coefficient (Wildman–Crippen LogP) is 1.82. The van der Waals surface area contributed by atoms with Crippen LogP contribution in [0.25, 0.3) is 0 Å². The minimum atomic E-state index is -0.851. The van der Waals surface area contributed by atoms with Crippen LogP contribution in [0.4, 0.5) is 0 Å². The number of rotatable bonds is 2. The molecular weight excluding hydrogens is 138 g/mol. The largest absolute Gasteiger partial charge is 0.384 e. The Hall–Kier alpha value is -0.890. The van der Waals surface area contributed by atoms with Crippen LogP contribution < -0.4 is 0 Å². The molecule has 1 N–H and O–H groups in total. The maximum Gasteiger partial charge on any atom is 0.100 e. The van der Waals surface area contributed by atoms with Crippen LogP contribution in [-0.2, 0) is 0 Å². The molecule has 0 aliphatic rings. The molecule has 0 saturated carbocycles. The molecule has 0 bridgehead atoms. The maximum absolute atomic E-state index is 9.28. The summed E-state index contributed by atoms with van der Waals surface area (Å²) in [5.41, 5.74) is -0.237. The summed E-state index contributed by atoms with van der Waals surface area (Å²) in [7, 11) is 1.63. The van der Waals surface area contributed by atoms with Crippen molar-refractivity contribution in [2.45, 2.75) is 19.4 Å². The van der Waals surface area contributed by atoms with Crippen molar-refractivity contribution >= 4 is 5.71 Å². The molecule has 2 nitrogen and oxygen atoms in total. The van der Waals surface area contributed by atoms with Gasteiger partial charge in [-0.05, 0) is 19.9 Å². The van der Waals surface area contributed by atoms with E-state index < -0.39 is 5.60 Å². The van der Waals surface area contributed by atoms with Crippen molar-refractivity contribution in [3.05, 3.63) is 25.8 Å². The second-order valence-corrected chi connectivity index (χ2v) is 2.37. The van der Waals surface area contributed by atoms with Crippen molar-refractivity contribution in [2.24, 2.45) is 4.99 Å². The summed E-state index contributed by atoms with van der Waals surface area (Å²) in [6.45, 7) is 12.9. The van der Waals surface area contributed by atoms with Gasteiger partial charge in [-0.25, -0.2) is 0 Å². The SMILES string of the molecule is C=C.C=CC(=NC)C(C)(C)O. The summed E-state index contributed by atoms with van der Waals surface area (Å²) in [4.78, 5) is 3.83. The number of hydrogen-bond donors (Lipinski definition) is 1. The molecule has 0 aromatic carbocycles. The Labute approximate surface area is 69.0 Å². The van der Waals surface area contributed by atoms with Crippen LogP contribution >= 0.6 is 0 Å². The van der Waals surface area contributed by atoms with E-state index in [0.29, 0.717) is 5.71 Å². The molecule has 11 heavy (non-hydrogen) atoms. The molecule has 0 aromatic heterocycles. The van der Waals surface area contributed by atoms with Gasteiger partial charge in [-0.3, -0.25) is 4.99 Å². The lowest BCUT2D eigenvalue weighted by atomic mass is 10.0. The van der Waals surface area contributed by atoms with E-state index in [1.54, 1.807) is 27.0 Å². The van der Waals surface area contributed by atoms with Crippen molar-refractivity contribution in [3.63, 3.8) is 0 Å². The van der Waals surface area contributed by atoms with Crippen LogP contribution in [0.15, 0.2) is 30.8 Å². The summed E-state index contributed by atoms with van der Waals surface area (Å²) < 4.78 is 0. The third-order valence-corrected chi connectivity index (χ3v) is 1.06. The smallest absolute Gasteiger partial charge is 0.100 e. The standard InChI is InChI=1S/C7H13NO.C2H4/c1-5-6(8-4)7(2,3)9;1-2/h5,9H,1H2,2-4H3;1-2H2. The number of aliphatic hydroxyl groups is 1. The second-order valence-electron chi connectivity index (χ2n) is 2.37. The van der Waals surface area contributed by atoms with Gasteiger partial charge in [0.1, 0.15) is 5.60 Å². The van der Waals surface area contributed by atoms with Gasteiger partial charge in [0.2, 0.25) is 0 Å². The van der Waals surface area contributed by atoms with Crippen LogP contribution in [0.3, 0.4) is 0 Å². The summed E-state index contributed by atoms with van der Waals surface area (Å²) in [6.07, 6.45) is 1.56. The molecule has 0 rings (SSSR count). The first-order valence-electron chi connectivity index (χ1n) is 3.34. The second kappa shape index (κ2) is 5.86. The molecule has 0 aliphatic carbocycles. The van der Waals surface area contributed by atoms with E-state index in [4.69, 9.17) is 0 Å². The minimum absolute atomic E-state index is 0.613. The third kappa shape index (κ3) is 5.55. The highest BCUT2D eigenvalue weighted by molar-refractivity contribution is 6.00. The summed E-state index contributed by atoms with van der Waals surface area (Å²) in [5, 5.41) is 9.28. The van der Waals surface area contributed by atoms with Crippen LogP contribution in [0.1, 0.15) is 13.8 Å². The van der Waals surface area contributed by atoms with Crippen LogP contribution in [0.5, 0.6) is 0 Å². The number of aliphatic imine (C=N–C) groups is 1. The van der Waals surface area contributed by atoms with Gasteiger partial charge < -0.3 is 5.11 Å². The maximum atomic E-state index is 9.28. The zero-order chi connectivity index (χ0) is 9.49. The average Bonchev–Trinajstić information content (AvgIpc) is 1.92. The fourth-order valence-corrected chi connectivity index (χ4v) is 0.615. The van der Waals surface area contributed by atoms with Gasteiger partial charge >= 0.3 is 0 Å². The summed E-state index contributed by atoms with van der Waals surface area (Å²) in [6, 6.07) is 0. The molecule has 0 fully saturated rings. The van der Waals surface area contributed by atoms with Crippen LogP contribution in [0, 0.1) is 0 Å². The number of hydrogen-bond acceptors (Lipinski definition) is 2. The van der Waals surface area contributed by atoms with Crippen molar-refractivity contribution in [2.75, 3.05) is 7.05 Å². The Bertz CT molecular complexity index is 142. The van der Waals surface area contributed by atoms with Gasteiger partial charge in [0.15, 0.2) is 0 Å². The highest BCUT2D eigenvalue weighted by Gasteiger charge is 2.16. The first kappa shape index (κ1) is 12.8. The Kier molecular flexibility index (Phi) is 6.80. The molecule has 0 unspecified atom stereocenters. The quantitative estimate of drug-likeness (QED) is 0.479. The van der Waals surface area contributed by atoms with E-state index >= 15 is 0 Å². The van der Waals surface area contributed by atoms with Gasteiger partial charge in [0, 0.05) is 7.05 Å². The minimum Gasteiger partial charge on any atom is -0.384 e. The molecule has 0 heterocycles. The van der Waals surface area contributed by atoms with Crippen LogP contribution in [-0.4, -0.2) is 23.5 Å². The van der Waals surface area contributed by atoms with E-state index in [2.05, 4.69) is 24.7 Å². The van der Waals surface area contributed by atoms with E-state index in [0.717, 1.165) is 0 Å². The molecule has 0 aromatic rings. The molecule has 0 radical (unpaired) electrons. The molecule has 0 saturated heterocycles. The summed E-state index contributed by atoms with van der Waals surface area (Å²) >= 11 is 0. The molecule has 2 heteroatoms. The van der Waals surface area contributed by atoms with Crippen molar-refractivity contribution in [1.29, 1.82) is 0 Å². The average molecular weight is 155 g/mol. The summed E-state index contributed by atoms with van der Waals surface area (Å²) in [5.74, 6) is 0. The fourth-order valence-electron chi connectivity index (χ4n) is 0.615. The van der Waals surface area contributed by atoms with Crippen molar-refractivity contribution in [3.8, 4) is 0 Å². The van der Waals surface area contributed by atoms with Gasteiger partial charge in [0.05, 0.1) is 5.71 Å². The molecule has 0 amide bonds. The van der Waals surface area contributed by atoms with E-state index in [1.807, 2.05) is 0 Å². The molecule has 64 valence electrons. The van der Waals surface area contributed by atoms with Gasteiger partial charge in [-0.2, -0.15) is 0 Å². The van der Waals surface area contributed by atoms with Crippen molar-refractivity contribution < 1.29 is 5.11 Å². The normalized spacial score (nSPS) is 11.5. The van der Waals surface area contributed by atoms with Gasteiger partial charge in [-0.15, -0.1) is 13.2 Å². The lowest BCUT2D eigenvalue weighted by Gasteiger charge is -2.15. The first-order valence-corrected chi connectivity index (χ1v) is 3.34. The molecule has 0 atom stereocenters. The topological polar surface area (TPSA) is 32.6 Å².